The third-order valence-electron chi connectivity index (χ3n) is 2.99. The van der Waals surface area contributed by atoms with Crippen molar-refractivity contribution in [2.45, 2.75) is 20.8 Å². The van der Waals surface area contributed by atoms with Gasteiger partial charge in [-0.15, -0.1) is 0 Å². The number of aryl methyl sites for hydroxylation is 1. The van der Waals surface area contributed by atoms with Gasteiger partial charge >= 0.3 is 0 Å². The highest BCUT2D eigenvalue weighted by atomic mass is 35.5. The Bertz CT molecular complexity index is 582. The maximum absolute atomic E-state index is 5.99. The molecule has 4 nitrogen and oxygen atoms in total. The maximum Gasteiger partial charge on any atom is 0.227 e. The summed E-state index contributed by atoms with van der Waals surface area (Å²) >= 11 is 5.99. The van der Waals surface area contributed by atoms with Crippen LogP contribution in [0, 0.1) is 6.92 Å². The molecule has 1 heterocycles. The Kier molecular flexibility index (Phi) is 4.79. The van der Waals surface area contributed by atoms with Gasteiger partial charge in [-0.25, -0.2) is 4.98 Å². The highest BCUT2D eigenvalue weighted by Gasteiger charge is 2.08. The van der Waals surface area contributed by atoms with Crippen molar-refractivity contribution in [3.05, 3.63) is 41.0 Å². The molecule has 0 aliphatic carbocycles. The van der Waals surface area contributed by atoms with E-state index in [0.717, 1.165) is 36.2 Å². The highest BCUT2D eigenvalue weighted by Crippen LogP contribution is 2.21. The van der Waals surface area contributed by atoms with Gasteiger partial charge in [-0.1, -0.05) is 17.7 Å². The molecule has 0 aliphatic rings. The Morgan fingerprint density at radius 2 is 1.90 bits per heavy atom. The van der Waals surface area contributed by atoms with Gasteiger partial charge in [0.15, 0.2) is 0 Å². The smallest absolute Gasteiger partial charge is 0.227 e. The maximum atomic E-state index is 5.99. The molecular weight excluding hydrogens is 272 g/mol. The van der Waals surface area contributed by atoms with Crippen LogP contribution in [-0.2, 0) is 0 Å². The third kappa shape index (κ3) is 3.61. The molecule has 106 valence electrons. The van der Waals surface area contributed by atoms with Crippen LogP contribution in [-0.4, -0.2) is 23.1 Å². The summed E-state index contributed by atoms with van der Waals surface area (Å²) in [5.74, 6) is 1.53. The summed E-state index contributed by atoms with van der Waals surface area (Å²) in [6.45, 7) is 7.93. The summed E-state index contributed by atoms with van der Waals surface area (Å²) < 4.78 is 0. The second-order valence-corrected chi connectivity index (χ2v) is 4.94. The first kappa shape index (κ1) is 14.6. The minimum Gasteiger partial charge on any atom is -0.341 e. The molecule has 0 radical (unpaired) electrons. The lowest BCUT2D eigenvalue weighted by molar-refractivity contribution is 0.817. The zero-order valence-corrected chi connectivity index (χ0v) is 12.8. The molecule has 0 atom stereocenters. The van der Waals surface area contributed by atoms with Gasteiger partial charge in [0, 0.05) is 35.6 Å². The lowest BCUT2D eigenvalue weighted by Gasteiger charge is -2.19. The van der Waals surface area contributed by atoms with E-state index in [2.05, 4.69) is 34.0 Å². The Morgan fingerprint density at radius 3 is 2.55 bits per heavy atom. The Hall–Kier alpha value is -1.81. The van der Waals surface area contributed by atoms with Crippen LogP contribution in [0.4, 0.5) is 17.5 Å². The topological polar surface area (TPSA) is 41.1 Å². The molecule has 0 spiro atoms. The van der Waals surface area contributed by atoms with Crippen molar-refractivity contribution in [1.29, 1.82) is 0 Å². The van der Waals surface area contributed by atoms with Crippen LogP contribution in [0.3, 0.4) is 0 Å². The van der Waals surface area contributed by atoms with Crippen molar-refractivity contribution >= 4 is 29.1 Å². The molecule has 2 rings (SSSR count). The van der Waals surface area contributed by atoms with Gasteiger partial charge in [0.2, 0.25) is 5.95 Å². The number of nitrogens with one attached hydrogen (secondary N) is 1. The monoisotopic (exact) mass is 290 g/mol. The first-order valence-electron chi connectivity index (χ1n) is 6.75. The van der Waals surface area contributed by atoms with Crippen LogP contribution >= 0.6 is 11.6 Å². The first-order chi connectivity index (χ1) is 9.62. The van der Waals surface area contributed by atoms with Crippen LogP contribution in [0.5, 0.6) is 0 Å². The van der Waals surface area contributed by atoms with Crippen LogP contribution < -0.4 is 10.2 Å². The number of nitrogens with zero attached hydrogens (tertiary/aromatic N) is 3. The molecular formula is C15H19ClN4. The largest absolute Gasteiger partial charge is 0.341 e. The molecule has 1 aromatic heterocycles. The van der Waals surface area contributed by atoms with Crippen molar-refractivity contribution in [3.63, 3.8) is 0 Å². The lowest BCUT2D eigenvalue weighted by atomic mass is 10.3. The molecule has 0 aliphatic heterocycles. The van der Waals surface area contributed by atoms with E-state index in [0.29, 0.717) is 5.02 Å². The summed E-state index contributed by atoms with van der Waals surface area (Å²) in [4.78, 5) is 11.2. The van der Waals surface area contributed by atoms with Crippen molar-refractivity contribution in [2.75, 3.05) is 23.3 Å². The fraction of sp³-hybridized carbons (Fsp3) is 0.333. The van der Waals surface area contributed by atoms with Crippen molar-refractivity contribution < 1.29 is 0 Å². The van der Waals surface area contributed by atoms with Gasteiger partial charge < -0.3 is 10.2 Å². The molecule has 0 bridgehead atoms. The van der Waals surface area contributed by atoms with Crippen molar-refractivity contribution in [3.8, 4) is 0 Å². The Balaban J connectivity index is 2.28. The number of rotatable bonds is 5. The van der Waals surface area contributed by atoms with E-state index in [-0.39, 0.29) is 0 Å². The van der Waals surface area contributed by atoms with Crippen LogP contribution in [0.25, 0.3) is 0 Å². The van der Waals surface area contributed by atoms with Gasteiger partial charge in [-0.05, 0) is 39.0 Å². The van der Waals surface area contributed by atoms with Gasteiger partial charge in [0.05, 0.1) is 0 Å². The number of halogens is 1. The number of benzene rings is 1. The predicted octanol–water partition coefficient (Wildman–Crippen LogP) is 4.03. The summed E-state index contributed by atoms with van der Waals surface area (Å²) in [6, 6.07) is 9.51. The molecule has 1 N–H and O–H groups in total. The Morgan fingerprint density at radius 1 is 1.15 bits per heavy atom. The first-order valence-corrected chi connectivity index (χ1v) is 7.13. The number of hydrogen-bond acceptors (Lipinski definition) is 4. The Labute approximate surface area is 124 Å². The average molecular weight is 291 g/mol. The number of anilines is 3. The zero-order valence-electron chi connectivity index (χ0n) is 12.0. The molecule has 20 heavy (non-hydrogen) atoms. The van der Waals surface area contributed by atoms with Gasteiger partial charge in [0.25, 0.3) is 0 Å². The molecule has 0 saturated heterocycles. The predicted molar refractivity (Wildman–Crippen MR) is 85.1 cm³/mol. The van der Waals surface area contributed by atoms with E-state index in [1.807, 2.05) is 37.3 Å². The van der Waals surface area contributed by atoms with Crippen LogP contribution in [0.1, 0.15) is 19.5 Å². The minimum absolute atomic E-state index is 0.699. The lowest BCUT2D eigenvalue weighted by Crippen LogP contribution is -2.24. The highest BCUT2D eigenvalue weighted by molar-refractivity contribution is 6.30. The van der Waals surface area contributed by atoms with Gasteiger partial charge in [-0.3, -0.25) is 0 Å². The van der Waals surface area contributed by atoms with Crippen LogP contribution in [0.15, 0.2) is 30.3 Å². The SMILES string of the molecule is CCN(CC)c1nc(C)cc(Nc2cccc(Cl)c2)n1. The standard InChI is InChI=1S/C15H19ClN4/c1-4-20(5-2)15-17-11(3)9-14(19-15)18-13-8-6-7-12(16)10-13/h6-10H,4-5H2,1-3H3,(H,17,18,19). The summed E-state index contributed by atoms with van der Waals surface area (Å²) in [7, 11) is 0. The number of aromatic nitrogens is 2. The number of hydrogen-bond donors (Lipinski definition) is 1. The normalized spacial score (nSPS) is 10.4. The van der Waals surface area contributed by atoms with E-state index < -0.39 is 0 Å². The van der Waals surface area contributed by atoms with Crippen LogP contribution in [0.2, 0.25) is 5.02 Å². The van der Waals surface area contributed by atoms with Gasteiger partial charge in [0.1, 0.15) is 5.82 Å². The van der Waals surface area contributed by atoms with Crippen molar-refractivity contribution in [1.82, 2.24) is 9.97 Å². The van der Waals surface area contributed by atoms with E-state index in [9.17, 15) is 0 Å². The second-order valence-electron chi connectivity index (χ2n) is 4.50. The molecule has 0 fully saturated rings. The van der Waals surface area contributed by atoms with Gasteiger partial charge in [-0.2, -0.15) is 4.98 Å². The fourth-order valence-corrected chi connectivity index (χ4v) is 2.17. The zero-order chi connectivity index (χ0) is 14.5. The average Bonchev–Trinajstić information content (AvgIpc) is 2.39. The molecule has 0 amide bonds. The summed E-state index contributed by atoms with van der Waals surface area (Å²) in [5, 5.41) is 3.97. The quantitative estimate of drug-likeness (QED) is 0.903. The summed E-state index contributed by atoms with van der Waals surface area (Å²) in [5.41, 5.74) is 1.85. The fourth-order valence-electron chi connectivity index (χ4n) is 1.98. The molecule has 0 saturated carbocycles. The van der Waals surface area contributed by atoms with E-state index in [4.69, 9.17) is 11.6 Å². The van der Waals surface area contributed by atoms with E-state index in [1.165, 1.54) is 0 Å². The molecule has 0 unspecified atom stereocenters. The molecule has 1 aromatic carbocycles. The molecule has 2 aromatic rings. The van der Waals surface area contributed by atoms with E-state index in [1.54, 1.807) is 0 Å². The third-order valence-corrected chi connectivity index (χ3v) is 3.22. The molecule has 5 heteroatoms. The second kappa shape index (κ2) is 6.57. The van der Waals surface area contributed by atoms with E-state index >= 15 is 0 Å². The summed E-state index contributed by atoms with van der Waals surface area (Å²) in [6.07, 6.45) is 0. The minimum atomic E-state index is 0.699. The van der Waals surface area contributed by atoms with Crippen molar-refractivity contribution in [2.24, 2.45) is 0 Å².